The fourth-order valence-corrected chi connectivity index (χ4v) is 4.25. The first-order chi connectivity index (χ1) is 17.5. The lowest BCUT2D eigenvalue weighted by Gasteiger charge is -2.21. The second kappa shape index (κ2) is 12.9. The number of nitrogens with one attached hydrogen (secondary N) is 2. The lowest BCUT2D eigenvalue weighted by atomic mass is 9.95. The van der Waals surface area contributed by atoms with E-state index < -0.39 is 27.2 Å². The molecule has 0 bridgehead atoms. The minimum atomic E-state index is -4.15. The van der Waals surface area contributed by atoms with Crippen LogP contribution in [0.15, 0.2) is 36.4 Å². The fourth-order valence-electron chi connectivity index (χ4n) is 3.08. The number of carbonyl (C=O) groups excluding carboxylic acids is 2. The number of hydrogen-bond donors (Lipinski definition) is 3. The molecule has 0 fully saturated rings. The summed E-state index contributed by atoms with van der Waals surface area (Å²) in [4.78, 5) is 24.8. The minimum Gasteiger partial charge on any atom is -0.493 e. The van der Waals surface area contributed by atoms with Crippen LogP contribution in [-0.4, -0.2) is 48.9 Å². The molecule has 0 heterocycles. The van der Waals surface area contributed by atoms with E-state index in [1.54, 1.807) is 42.1 Å². The number of thioether (sulfide) groups is 1. The topological polar surface area (TPSA) is 131 Å². The molecule has 0 aliphatic rings. The van der Waals surface area contributed by atoms with Gasteiger partial charge < -0.3 is 20.1 Å². The first kappa shape index (κ1) is 31.5. The number of rotatable bonds is 11. The summed E-state index contributed by atoms with van der Waals surface area (Å²) in [6.07, 6.45) is -0.0175. The van der Waals surface area contributed by atoms with Crippen molar-refractivity contribution in [3.05, 3.63) is 47.5 Å². The molecule has 2 rings (SSSR count). The van der Waals surface area contributed by atoms with E-state index in [1.807, 2.05) is 26.8 Å². The summed E-state index contributed by atoms with van der Waals surface area (Å²) >= 11 is 1.74. The second-order valence-corrected chi connectivity index (χ2v) is 14.2. The molecule has 210 valence electrons. The van der Waals surface area contributed by atoms with Gasteiger partial charge in [-0.25, -0.2) is 0 Å². The van der Waals surface area contributed by atoms with Crippen molar-refractivity contribution < 1.29 is 32.0 Å². The molecule has 2 aromatic carbocycles. The molecule has 0 saturated heterocycles. The van der Waals surface area contributed by atoms with Crippen LogP contribution in [0.2, 0.25) is 0 Å². The van der Waals surface area contributed by atoms with Crippen LogP contribution >= 0.6 is 11.8 Å². The molecule has 0 aliphatic carbocycles. The molecular formula is C27H38N2O7S2. The summed E-state index contributed by atoms with van der Waals surface area (Å²) in [5.74, 6) is 1.05. The highest BCUT2D eigenvalue weighted by Crippen LogP contribution is 2.38. The molecule has 3 N–H and O–H groups in total. The van der Waals surface area contributed by atoms with Gasteiger partial charge in [-0.1, -0.05) is 47.6 Å². The Morgan fingerprint density at radius 1 is 0.974 bits per heavy atom. The van der Waals surface area contributed by atoms with Gasteiger partial charge in [0.15, 0.2) is 11.5 Å². The Morgan fingerprint density at radius 2 is 1.63 bits per heavy atom. The molecule has 0 atom stereocenters. The molecular weight excluding hydrogens is 528 g/mol. The summed E-state index contributed by atoms with van der Waals surface area (Å²) < 4.78 is 42.3. The van der Waals surface area contributed by atoms with Crippen molar-refractivity contribution in [2.24, 2.45) is 5.41 Å². The van der Waals surface area contributed by atoms with Crippen LogP contribution in [-0.2, 0) is 31.9 Å². The molecule has 0 aliphatic heterocycles. The van der Waals surface area contributed by atoms with Gasteiger partial charge in [-0.05, 0) is 35.9 Å². The van der Waals surface area contributed by atoms with E-state index in [4.69, 9.17) is 14.0 Å². The number of benzene rings is 2. The fraction of sp³-hybridized carbons (Fsp3) is 0.481. The van der Waals surface area contributed by atoms with Crippen LogP contribution in [0.1, 0.15) is 52.7 Å². The highest BCUT2D eigenvalue weighted by molar-refractivity contribution is 7.99. The summed E-state index contributed by atoms with van der Waals surface area (Å²) in [5, 5.41) is 5.43. The lowest BCUT2D eigenvalue weighted by Crippen LogP contribution is -2.30. The van der Waals surface area contributed by atoms with Gasteiger partial charge in [-0.15, -0.1) is 0 Å². The van der Waals surface area contributed by atoms with Crippen LogP contribution in [0.25, 0.3) is 0 Å². The zero-order valence-electron chi connectivity index (χ0n) is 23.0. The maximum absolute atomic E-state index is 12.5. The zero-order chi connectivity index (χ0) is 28.7. The molecule has 0 unspecified atom stereocenters. The quantitative estimate of drug-likeness (QED) is 0.322. The SMILES string of the molecule is COc1ccc(CC(=O)NCCS(=O)(=O)O)cc1Oc1ccc(NC(=O)C(C)(C)C)cc1CSC(C)(C)C. The lowest BCUT2D eigenvalue weighted by molar-refractivity contribution is -0.123. The van der Waals surface area contributed by atoms with Crippen molar-refractivity contribution in [2.45, 2.75) is 58.5 Å². The molecule has 38 heavy (non-hydrogen) atoms. The Hall–Kier alpha value is -2.76. The van der Waals surface area contributed by atoms with Gasteiger partial charge in [0, 0.05) is 33.7 Å². The maximum Gasteiger partial charge on any atom is 0.266 e. The predicted octanol–water partition coefficient (Wildman–Crippen LogP) is 5.05. The molecule has 0 spiro atoms. The molecule has 2 aromatic rings. The van der Waals surface area contributed by atoms with E-state index in [1.165, 1.54) is 7.11 Å². The van der Waals surface area contributed by atoms with Gasteiger partial charge in [0.2, 0.25) is 11.8 Å². The second-order valence-electron chi connectivity index (χ2n) is 10.8. The first-order valence-electron chi connectivity index (χ1n) is 12.1. The largest absolute Gasteiger partial charge is 0.493 e. The maximum atomic E-state index is 12.5. The van der Waals surface area contributed by atoms with Crippen molar-refractivity contribution in [3.63, 3.8) is 0 Å². The Bertz CT molecular complexity index is 1250. The third kappa shape index (κ3) is 10.9. The van der Waals surface area contributed by atoms with E-state index in [-0.39, 0.29) is 23.6 Å². The highest BCUT2D eigenvalue weighted by atomic mass is 32.2. The summed E-state index contributed by atoms with van der Waals surface area (Å²) in [5.41, 5.74) is 1.64. The number of methoxy groups -OCH3 is 1. The Labute approximate surface area is 229 Å². The van der Waals surface area contributed by atoms with Crippen LogP contribution in [0.3, 0.4) is 0 Å². The number of ether oxygens (including phenoxy) is 2. The molecule has 2 amide bonds. The van der Waals surface area contributed by atoms with E-state index >= 15 is 0 Å². The number of hydrogen-bond acceptors (Lipinski definition) is 7. The highest BCUT2D eigenvalue weighted by Gasteiger charge is 2.22. The minimum absolute atomic E-state index is 0.00224. The monoisotopic (exact) mass is 566 g/mol. The van der Waals surface area contributed by atoms with Crippen molar-refractivity contribution in [2.75, 3.05) is 24.7 Å². The molecule has 0 radical (unpaired) electrons. The average Bonchev–Trinajstić information content (AvgIpc) is 2.77. The number of amides is 2. The van der Waals surface area contributed by atoms with E-state index in [2.05, 4.69) is 31.4 Å². The van der Waals surface area contributed by atoms with Gasteiger partial charge >= 0.3 is 0 Å². The average molecular weight is 567 g/mol. The molecule has 0 saturated carbocycles. The van der Waals surface area contributed by atoms with Crippen LogP contribution in [0.5, 0.6) is 17.2 Å². The van der Waals surface area contributed by atoms with Gasteiger partial charge in [0.25, 0.3) is 10.1 Å². The van der Waals surface area contributed by atoms with Gasteiger partial charge in [-0.3, -0.25) is 14.1 Å². The summed E-state index contributed by atoms with van der Waals surface area (Å²) in [7, 11) is -2.64. The molecule has 9 nitrogen and oxygen atoms in total. The molecule has 11 heteroatoms. The Kier molecular flexibility index (Phi) is 10.6. The van der Waals surface area contributed by atoms with Gasteiger partial charge in [0.1, 0.15) is 5.75 Å². The van der Waals surface area contributed by atoms with Crippen molar-refractivity contribution in [3.8, 4) is 17.2 Å². The van der Waals surface area contributed by atoms with Crippen molar-refractivity contribution >= 4 is 39.4 Å². The smallest absolute Gasteiger partial charge is 0.266 e. The Morgan fingerprint density at radius 3 is 2.21 bits per heavy atom. The van der Waals surface area contributed by atoms with Crippen LogP contribution in [0, 0.1) is 5.41 Å². The van der Waals surface area contributed by atoms with Crippen LogP contribution < -0.4 is 20.1 Å². The normalized spacial score (nSPS) is 12.1. The van der Waals surface area contributed by atoms with E-state index in [9.17, 15) is 18.0 Å². The van der Waals surface area contributed by atoms with Gasteiger partial charge in [-0.2, -0.15) is 20.2 Å². The predicted molar refractivity (Wildman–Crippen MR) is 152 cm³/mol. The van der Waals surface area contributed by atoms with E-state index in [0.717, 1.165) is 5.56 Å². The summed E-state index contributed by atoms with van der Waals surface area (Å²) in [6, 6.07) is 10.6. The van der Waals surface area contributed by atoms with Crippen molar-refractivity contribution in [1.29, 1.82) is 0 Å². The van der Waals surface area contributed by atoms with Gasteiger partial charge in [0.05, 0.1) is 19.3 Å². The molecule has 0 aromatic heterocycles. The third-order valence-corrected chi connectivity index (χ3v) is 7.20. The number of anilines is 1. The number of carbonyl (C=O) groups is 2. The summed E-state index contributed by atoms with van der Waals surface area (Å²) in [6.45, 7) is 11.7. The van der Waals surface area contributed by atoms with E-state index in [0.29, 0.717) is 34.3 Å². The Balaban J connectivity index is 2.30. The standard InChI is InChI=1S/C27H38N2O7S2/c1-26(2,3)25(31)29-20-9-11-21(19(16-20)17-37-27(4,5)6)36-23-14-18(8-10-22(23)35-7)15-24(30)28-12-13-38(32,33)34/h8-11,14,16H,12-13,15,17H2,1-7H3,(H,28,30)(H,29,31)(H,32,33,34). The van der Waals surface area contributed by atoms with Crippen molar-refractivity contribution in [1.82, 2.24) is 5.32 Å². The third-order valence-electron chi connectivity index (χ3n) is 5.16. The van der Waals surface area contributed by atoms with Crippen LogP contribution in [0.4, 0.5) is 5.69 Å². The zero-order valence-corrected chi connectivity index (χ0v) is 24.6. The first-order valence-corrected chi connectivity index (χ1v) is 14.7.